The summed E-state index contributed by atoms with van der Waals surface area (Å²) in [6.45, 7) is 20.3. The molecule has 0 spiro atoms. The third-order valence-corrected chi connectivity index (χ3v) is 19.2. The van der Waals surface area contributed by atoms with Crippen LogP contribution in [0, 0.1) is 50.7 Å². The molecule has 1 aliphatic heterocycles. The second-order valence-electron chi connectivity index (χ2n) is 20.4. The first-order chi connectivity index (χ1) is 24.5. The van der Waals surface area contributed by atoms with Gasteiger partial charge in [0.1, 0.15) is 0 Å². The lowest BCUT2D eigenvalue weighted by atomic mass is 9.33. The van der Waals surface area contributed by atoms with Crippen molar-refractivity contribution < 1.29 is 23.1 Å². The number of carbonyl (C=O) groups excluding carboxylic acids is 1. The van der Waals surface area contributed by atoms with Crippen LogP contribution >= 0.6 is 0 Å². The van der Waals surface area contributed by atoms with Gasteiger partial charge < -0.3 is 20.1 Å². The van der Waals surface area contributed by atoms with E-state index in [-0.39, 0.29) is 35.0 Å². The smallest absolute Gasteiger partial charge is 0.312 e. The minimum atomic E-state index is -2.84. The molecule has 7 aliphatic rings. The van der Waals surface area contributed by atoms with E-state index in [9.17, 15) is 18.3 Å². The number of aliphatic hydroxyl groups excluding tert-OH is 1. The highest BCUT2D eigenvalue weighted by Gasteiger charge is 2.69. The maximum Gasteiger partial charge on any atom is 0.312 e. The number of rotatable bonds is 9. The zero-order chi connectivity index (χ0) is 37.4. The fourth-order valence-electron chi connectivity index (χ4n) is 14.7. The maximum absolute atomic E-state index is 13.3. The third-order valence-electron chi connectivity index (χ3n) is 17.6. The second-order valence-corrected chi connectivity index (χ2v) is 22.7. The van der Waals surface area contributed by atoms with Crippen molar-refractivity contribution in [3.8, 4) is 0 Å². The largest absolute Gasteiger partial charge is 0.463 e. The number of hydrogen-bond acceptors (Lipinski definition) is 7. The Morgan fingerprint density at radius 3 is 2.33 bits per heavy atom. The van der Waals surface area contributed by atoms with Gasteiger partial charge in [0, 0.05) is 38.3 Å². The topological polar surface area (TPSA) is 95.9 Å². The van der Waals surface area contributed by atoms with Crippen molar-refractivity contribution >= 4 is 15.8 Å². The lowest BCUT2D eigenvalue weighted by molar-refractivity contribution is -0.218. The summed E-state index contributed by atoms with van der Waals surface area (Å²) in [6, 6.07) is 0. The van der Waals surface area contributed by atoms with Crippen molar-refractivity contribution in [2.24, 2.45) is 50.7 Å². The summed E-state index contributed by atoms with van der Waals surface area (Å²) in [5.74, 6) is 3.36. The molecule has 6 aliphatic carbocycles. The van der Waals surface area contributed by atoms with Crippen LogP contribution in [0.2, 0.25) is 0 Å². The predicted molar refractivity (Wildman–Crippen MR) is 209 cm³/mol. The summed E-state index contributed by atoms with van der Waals surface area (Å²) in [5.41, 5.74) is 3.64. The molecule has 4 saturated carbocycles. The molecule has 0 aromatic rings. The SMILES string of the molecule is CC(C)OC(=O)C1(CCO)CC=C(C2=CC[C@@]3(C)C(CC[C@]4(C)C3CC[C@@H]3[C@H]5CCC[C@]5(NCCN5CCS(=O)(=O)CC5)CC[C@]34C)C2(C)C)CC1. The third kappa shape index (κ3) is 6.22. The summed E-state index contributed by atoms with van der Waals surface area (Å²) in [5, 5.41) is 14.1. The molecule has 1 heterocycles. The standard InChI is InChI=1S/C44H72N2O5S/c1-31(2)51-38(48)43(23-28-47)19-12-32(13-20-43)33-14-17-40(5)36(39(33,3)4)15-18-42(7)37(40)11-10-34-35-9-8-16-44(35,22-21-41(34,42)6)45-24-25-46-26-29-52(49,50)30-27-46/h12,14,31,34-37,45,47H,8-11,13,15-30H2,1-7H3/t34-,35-,36?,37?,40+,41-,42-,43?,44+/m1/s1. The van der Waals surface area contributed by atoms with E-state index < -0.39 is 15.3 Å². The van der Waals surface area contributed by atoms with Crippen molar-refractivity contribution in [3.05, 3.63) is 23.3 Å². The van der Waals surface area contributed by atoms with Crippen LogP contribution in [0.1, 0.15) is 138 Å². The van der Waals surface area contributed by atoms with Crippen LogP contribution in [-0.4, -0.2) is 80.3 Å². The number of nitrogens with zero attached hydrogens (tertiary/aromatic N) is 1. The van der Waals surface area contributed by atoms with Crippen molar-refractivity contribution in [1.82, 2.24) is 10.2 Å². The number of fused-ring (bicyclic) bond motifs is 7. The normalized spacial score (nSPS) is 44.1. The molecule has 1 saturated heterocycles. The number of ether oxygens (including phenoxy) is 1. The quantitative estimate of drug-likeness (QED) is 0.232. The molecular weight excluding hydrogens is 669 g/mol. The molecule has 294 valence electrons. The van der Waals surface area contributed by atoms with Gasteiger partial charge in [0.2, 0.25) is 0 Å². The molecule has 9 atom stereocenters. The molecule has 0 radical (unpaired) electrons. The molecule has 52 heavy (non-hydrogen) atoms. The Labute approximate surface area is 316 Å². The summed E-state index contributed by atoms with van der Waals surface area (Å²) in [6.07, 6.45) is 20.7. The zero-order valence-electron chi connectivity index (χ0n) is 33.8. The minimum Gasteiger partial charge on any atom is -0.463 e. The van der Waals surface area contributed by atoms with Gasteiger partial charge >= 0.3 is 5.97 Å². The molecule has 2 N–H and O–H groups in total. The summed E-state index contributed by atoms with van der Waals surface area (Å²) >= 11 is 0. The average molecular weight is 741 g/mol. The second kappa shape index (κ2) is 13.8. The first-order valence-electron chi connectivity index (χ1n) is 21.4. The van der Waals surface area contributed by atoms with Crippen molar-refractivity contribution in [2.75, 3.05) is 44.3 Å². The highest BCUT2D eigenvalue weighted by atomic mass is 32.2. The zero-order valence-corrected chi connectivity index (χ0v) is 34.6. The van der Waals surface area contributed by atoms with Gasteiger partial charge in [-0.1, -0.05) is 53.2 Å². The summed E-state index contributed by atoms with van der Waals surface area (Å²) in [7, 11) is -2.84. The van der Waals surface area contributed by atoms with Crippen LogP contribution < -0.4 is 5.32 Å². The lowest BCUT2D eigenvalue weighted by Crippen LogP contribution is -2.67. The lowest BCUT2D eigenvalue weighted by Gasteiger charge is -2.72. The van der Waals surface area contributed by atoms with Gasteiger partial charge in [0.25, 0.3) is 0 Å². The Hall–Kier alpha value is -1.22. The Bertz CT molecular complexity index is 1540. The van der Waals surface area contributed by atoms with E-state index >= 15 is 0 Å². The summed E-state index contributed by atoms with van der Waals surface area (Å²) < 4.78 is 29.7. The Morgan fingerprint density at radius 2 is 1.65 bits per heavy atom. The Morgan fingerprint density at radius 1 is 0.904 bits per heavy atom. The van der Waals surface area contributed by atoms with Crippen LogP contribution in [0.4, 0.5) is 0 Å². The van der Waals surface area contributed by atoms with E-state index in [1.165, 1.54) is 68.9 Å². The van der Waals surface area contributed by atoms with E-state index in [0.29, 0.717) is 54.2 Å². The van der Waals surface area contributed by atoms with Gasteiger partial charge in [-0.15, -0.1) is 0 Å². The molecule has 0 aromatic heterocycles. The number of carbonyl (C=O) groups is 1. The van der Waals surface area contributed by atoms with Gasteiger partial charge in [-0.2, -0.15) is 0 Å². The first kappa shape index (κ1) is 39.0. The number of allylic oxidation sites excluding steroid dienone is 4. The average Bonchev–Trinajstić information content (AvgIpc) is 3.50. The highest BCUT2D eigenvalue weighted by molar-refractivity contribution is 7.91. The molecule has 8 heteroatoms. The number of hydrogen-bond donors (Lipinski definition) is 2. The van der Waals surface area contributed by atoms with Gasteiger partial charge in [0.05, 0.1) is 23.0 Å². The van der Waals surface area contributed by atoms with Crippen LogP contribution in [0.15, 0.2) is 23.3 Å². The number of sulfone groups is 1. The maximum atomic E-state index is 13.3. The van der Waals surface area contributed by atoms with Crippen molar-refractivity contribution in [1.29, 1.82) is 0 Å². The van der Waals surface area contributed by atoms with Crippen LogP contribution in [0.3, 0.4) is 0 Å². The minimum absolute atomic E-state index is 0.0117. The number of aliphatic hydroxyl groups is 1. The van der Waals surface area contributed by atoms with Crippen molar-refractivity contribution in [2.45, 2.75) is 150 Å². The molecular formula is C44H72N2O5S. The molecule has 5 fully saturated rings. The molecule has 0 amide bonds. The van der Waals surface area contributed by atoms with E-state index in [1.807, 2.05) is 13.8 Å². The van der Waals surface area contributed by atoms with Crippen LogP contribution in [0.25, 0.3) is 0 Å². The Balaban J connectivity index is 1.08. The van der Waals surface area contributed by atoms with Gasteiger partial charge in [-0.25, -0.2) is 8.42 Å². The molecule has 0 aromatic carbocycles. The molecule has 7 rings (SSSR count). The monoisotopic (exact) mass is 741 g/mol. The van der Waals surface area contributed by atoms with E-state index in [2.05, 4.69) is 57.0 Å². The number of nitrogens with one attached hydrogen (secondary N) is 1. The van der Waals surface area contributed by atoms with E-state index in [1.54, 1.807) is 0 Å². The van der Waals surface area contributed by atoms with Gasteiger partial charge in [-0.05, 0) is 154 Å². The van der Waals surface area contributed by atoms with Crippen LogP contribution in [-0.2, 0) is 19.4 Å². The van der Waals surface area contributed by atoms with E-state index in [0.717, 1.165) is 50.1 Å². The fraction of sp³-hybridized carbons (Fsp3) is 0.886. The number of esters is 1. The van der Waals surface area contributed by atoms with Gasteiger partial charge in [-0.3, -0.25) is 4.79 Å². The Kier molecular flexibility index (Phi) is 10.3. The molecule has 0 bridgehead atoms. The fourth-order valence-corrected chi connectivity index (χ4v) is 16.0. The predicted octanol–water partition coefficient (Wildman–Crippen LogP) is 7.88. The van der Waals surface area contributed by atoms with E-state index in [4.69, 9.17) is 4.74 Å². The molecule has 7 nitrogen and oxygen atoms in total. The van der Waals surface area contributed by atoms with Crippen molar-refractivity contribution in [3.63, 3.8) is 0 Å². The first-order valence-corrected chi connectivity index (χ1v) is 23.2. The summed E-state index contributed by atoms with van der Waals surface area (Å²) in [4.78, 5) is 15.6. The van der Waals surface area contributed by atoms with Crippen LogP contribution in [0.5, 0.6) is 0 Å². The van der Waals surface area contributed by atoms with Gasteiger partial charge in [0.15, 0.2) is 9.84 Å². The highest BCUT2D eigenvalue weighted by Crippen LogP contribution is 2.76. The molecule has 3 unspecified atom stereocenters.